The molecule has 0 bridgehead atoms. The molecule has 130 valence electrons. The lowest BCUT2D eigenvalue weighted by atomic mass is 9.96. The predicted molar refractivity (Wildman–Crippen MR) is 108 cm³/mol. The van der Waals surface area contributed by atoms with Crippen molar-refractivity contribution >= 4 is 42.4 Å². The Labute approximate surface area is 157 Å². The summed E-state index contributed by atoms with van der Waals surface area (Å²) < 4.78 is 29.6. The van der Waals surface area contributed by atoms with E-state index in [1.165, 1.54) is 5.56 Å². The number of halogens is 1. The Hall–Kier alpha value is -1.85. The SMILES string of the molecule is CCc1cccc2ccc(S(=O)(=O)Nc3ccc(Br)cc3)c(CC)c12. The molecule has 0 aliphatic carbocycles. The van der Waals surface area contributed by atoms with Crippen LogP contribution in [0.25, 0.3) is 10.8 Å². The van der Waals surface area contributed by atoms with Crippen molar-refractivity contribution in [1.29, 1.82) is 0 Å². The molecule has 0 saturated carbocycles. The minimum Gasteiger partial charge on any atom is -0.280 e. The fraction of sp³-hybridized carbons (Fsp3) is 0.200. The first-order valence-corrected chi connectivity index (χ1v) is 10.6. The van der Waals surface area contributed by atoms with Crippen molar-refractivity contribution in [2.24, 2.45) is 0 Å². The number of aryl methyl sites for hydroxylation is 2. The average Bonchev–Trinajstić information content (AvgIpc) is 2.61. The van der Waals surface area contributed by atoms with E-state index in [1.54, 1.807) is 18.2 Å². The molecule has 3 aromatic carbocycles. The van der Waals surface area contributed by atoms with Gasteiger partial charge in [-0.15, -0.1) is 0 Å². The van der Waals surface area contributed by atoms with Gasteiger partial charge in [0.25, 0.3) is 10.0 Å². The second-order valence-corrected chi connectivity index (χ2v) is 8.44. The smallest absolute Gasteiger partial charge is 0.262 e. The van der Waals surface area contributed by atoms with Gasteiger partial charge in [0.1, 0.15) is 0 Å². The van der Waals surface area contributed by atoms with Crippen LogP contribution in [0.3, 0.4) is 0 Å². The highest BCUT2D eigenvalue weighted by Gasteiger charge is 2.20. The zero-order valence-electron chi connectivity index (χ0n) is 14.2. The van der Waals surface area contributed by atoms with Gasteiger partial charge in [0, 0.05) is 10.2 Å². The van der Waals surface area contributed by atoms with Gasteiger partial charge in [-0.25, -0.2) is 8.42 Å². The highest BCUT2D eigenvalue weighted by Crippen LogP contribution is 2.30. The van der Waals surface area contributed by atoms with Crippen LogP contribution in [0.2, 0.25) is 0 Å². The van der Waals surface area contributed by atoms with Gasteiger partial charge in [-0.3, -0.25) is 4.72 Å². The molecule has 0 atom stereocenters. The van der Waals surface area contributed by atoms with Crippen LogP contribution in [0.1, 0.15) is 25.0 Å². The van der Waals surface area contributed by atoms with Crippen LogP contribution in [0, 0.1) is 0 Å². The second kappa shape index (κ2) is 7.18. The monoisotopic (exact) mass is 417 g/mol. The third kappa shape index (κ3) is 3.58. The molecule has 0 heterocycles. The zero-order valence-corrected chi connectivity index (χ0v) is 16.6. The van der Waals surface area contributed by atoms with Crippen molar-refractivity contribution in [3.05, 3.63) is 70.2 Å². The van der Waals surface area contributed by atoms with Gasteiger partial charge in [0.2, 0.25) is 0 Å². The Kier molecular flexibility index (Phi) is 5.16. The summed E-state index contributed by atoms with van der Waals surface area (Å²) in [5.74, 6) is 0. The molecule has 0 saturated heterocycles. The van der Waals surface area contributed by atoms with Gasteiger partial charge >= 0.3 is 0 Å². The number of benzene rings is 3. The normalized spacial score (nSPS) is 11.6. The topological polar surface area (TPSA) is 46.2 Å². The molecular weight excluding hydrogens is 398 g/mol. The molecule has 0 aliphatic heterocycles. The number of hydrogen-bond donors (Lipinski definition) is 1. The third-order valence-corrected chi connectivity index (χ3v) is 6.31. The number of anilines is 1. The molecule has 0 radical (unpaired) electrons. The molecule has 3 nitrogen and oxygen atoms in total. The maximum absolute atomic E-state index is 13.0. The lowest BCUT2D eigenvalue weighted by molar-refractivity contribution is 0.600. The minimum absolute atomic E-state index is 0.353. The first kappa shape index (κ1) is 18.0. The van der Waals surface area contributed by atoms with E-state index in [0.717, 1.165) is 27.2 Å². The highest BCUT2D eigenvalue weighted by atomic mass is 79.9. The van der Waals surface area contributed by atoms with Crippen molar-refractivity contribution in [3.8, 4) is 0 Å². The summed E-state index contributed by atoms with van der Waals surface area (Å²) in [6, 6.07) is 16.8. The summed E-state index contributed by atoms with van der Waals surface area (Å²) in [5.41, 5.74) is 2.60. The van der Waals surface area contributed by atoms with E-state index in [2.05, 4.69) is 33.6 Å². The molecule has 5 heteroatoms. The van der Waals surface area contributed by atoms with Crippen molar-refractivity contribution < 1.29 is 8.42 Å². The van der Waals surface area contributed by atoms with Gasteiger partial charge in [-0.2, -0.15) is 0 Å². The Balaban J connectivity index is 2.15. The minimum atomic E-state index is -3.65. The molecule has 0 amide bonds. The van der Waals surface area contributed by atoms with E-state index < -0.39 is 10.0 Å². The standard InChI is InChI=1S/C20H20BrNO2S/c1-3-14-6-5-7-15-8-13-19(18(4-2)20(14)15)25(23,24)22-17-11-9-16(21)10-12-17/h5-13,22H,3-4H2,1-2H3. The molecule has 1 N–H and O–H groups in total. The zero-order chi connectivity index (χ0) is 18.0. The largest absolute Gasteiger partial charge is 0.280 e. The quantitative estimate of drug-likeness (QED) is 0.593. The van der Waals surface area contributed by atoms with Gasteiger partial charge in [0.05, 0.1) is 4.90 Å². The van der Waals surface area contributed by atoms with Crippen LogP contribution < -0.4 is 4.72 Å². The van der Waals surface area contributed by atoms with Crippen LogP contribution in [0.4, 0.5) is 5.69 Å². The predicted octanol–water partition coefficient (Wildman–Crippen LogP) is 5.53. The van der Waals surface area contributed by atoms with E-state index in [0.29, 0.717) is 17.0 Å². The van der Waals surface area contributed by atoms with Crippen molar-refractivity contribution in [3.63, 3.8) is 0 Å². The first-order chi connectivity index (χ1) is 12.0. The van der Waals surface area contributed by atoms with E-state index in [4.69, 9.17) is 0 Å². The van der Waals surface area contributed by atoms with Crippen molar-refractivity contribution in [2.45, 2.75) is 31.6 Å². The summed E-state index contributed by atoms with van der Waals surface area (Å²) in [7, 11) is -3.65. The summed E-state index contributed by atoms with van der Waals surface area (Å²) in [4.78, 5) is 0.353. The van der Waals surface area contributed by atoms with Crippen molar-refractivity contribution in [1.82, 2.24) is 0 Å². The number of rotatable bonds is 5. The van der Waals surface area contributed by atoms with Gasteiger partial charge in [-0.05, 0) is 65.1 Å². The fourth-order valence-corrected chi connectivity index (χ4v) is 4.78. The average molecular weight is 418 g/mol. The third-order valence-electron chi connectivity index (χ3n) is 4.32. The highest BCUT2D eigenvalue weighted by molar-refractivity contribution is 9.10. The molecule has 0 aromatic heterocycles. The lowest BCUT2D eigenvalue weighted by Gasteiger charge is -2.16. The Morgan fingerprint density at radius 2 is 1.64 bits per heavy atom. The van der Waals surface area contributed by atoms with E-state index in [1.807, 2.05) is 37.3 Å². The Morgan fingerprint density at radius 1 is 0.920 bits per heavy atom. The van der Waals surface area contributed by atoms with Crippen LogP contribution in [0.15, 0.2) is 64.0 Å². The summed E-state index contributed by atoms with van der Waals surface area (Å²) >= 11 is 3.36. The molecule has 3 rings (SSSR count). The van der Waals surface area contributed by atoms with Gasteiger partial charge in [-0.1, -0.05) is 54.0 Å². The Bertz CT molecular complexity index is 1010. The maximum Gasteiger partial charge on any atom is 0.262 e. The van der Waals surface area contributed by atoms with Crippen LogP contribution in [-0.4, -0.2) is 8.42 Å². The van der Waals surface area contributed by atoms with Crippen molar-refractivity contribution in [2.75, 3.05) is 4.72 Å². The molecule has 25 heavy (non-hydrogen) atoms. The number of nitrogens with one attached hydrogen (secondary N) is 1. The molecule has 3 aromatic rings. The molecule has 0 aliphatic rings. The fourth-order valence-electron chi connectivity index (χ4n) is 3.14. The van der Waals surface area contributed by atoms with E-state index >= 15 is 0 Å². The maximum atomic E-state index is 13.0. The van der Waals surface area contributed by atoms with E-state index in [9.17, 15) is 8.42 Å². The number of sulfonamides is 1. The summed E-state index contributed by atoms with van der Waals surface area (Å²) in [5, 5.41) is 2.14. The number of hydrogen-bond acceptors (Lipinski definition) is 2. The number of fused-ring (bicyclic) bond motifs is 1. The molecule has 0 spiro atoms. The summed E-state index contributed by atoms with van der Waals surface area (Å²) in [6.45, 7) is 4.09. The van der Waals surface area contributed by atoms with Crippen LogP contribution >= 0.6 is 15.9 Å². The van der Waals surface area contributed by atoms with E-state index in [-0.39, 0.29) is 0 Å². The van der Waals surface area contributed by atoms with Gasteiger partial charge < -0.3 is 0 Å². The molecule has 0 unspecified atom stereocenters. The molecular formula is C20H20BrNO2S. The Morgan fingerprint density at radius 3 is 2.28 bits per heavy atom. The molecule has 0 fully saturated rings. The van der Waals surface area contributed by atoms with Crippen LogP contribution in [0.5, 0.6) is 0 Å². The van der Waals surface area contributed by atoms with Gasteiger partial charge in [0.15, 0.2) is 0 Å². The summed E-state index contributed by atoms with van der Waals surface area (Å²) in [6.07, 6.45) is 1.53. The lowest BCUT2D eigenvalue weighted by Crippen LogP contribution is -2.15. The first-order valence-electron chi connectivity index (χ1n) is 8.28. The second-order valence-electron chi connectivity index (χ2n) is 5.88. The van der Waals surface area contributed by atoms with Crippen LogP contribution in [-0.2, 0) is 22.9 Å².